The standard InChI is InChI=1S/C13H24N2O4/c1-2-9(5-6-14)3-4-12(17)15-8-10(16)7-11(15)13(18)19/h9-11,16H,2-8,14H2,1H3,(H,18,19). The van der Waals surface area contributed by atoms with Crippen molar-refractivity contribution >= 4 is 11.9 Å². The predicted octanol–water partition coefficient (Wildman–Crippen LogP) is 0.188. The number of aliphatic carboxylic acids is 1. The van der Waals surface area contributed by atoms with Crippen LogP contribution < -0.4 is 5.73 Å². The molecule has 0 saturated carbocycles. The van der Waals surface area contributed by atoms with Gasteiger partial charge in [0, 0.05) is 19.4 Å². The van der Waals surface area contributed by atoms with Gasteiger partial charge in [-0.25, -0.2) is 4.79 Å². The lowest BCUT2D eigenvalue weighted by atomic mass is 9.96. The molecule has 0 spiro atoms. The number of carbonyl (C=O) groups excluding carboxylic acids is 1. The van der Waals surface area contributed by atoms with Crippen molar-refractivity contribution in [1.29, 1.82) is 0 Å². The van der Waals surface area contributed by atoms with Crippen LogP contribution in [0.25, 0.3) is 0 Å². The second kappa shape index (κ2) is 7.45. The lowest BCUT2D eigenvalue weighted by Gasteiger charge is -2.22. The Kier molecular flexibility index (Phi) is 6.24. The van der Waals surface area contributed by atoms with Crippen molar-refractivity contribution in [3.05, 3.63) is 0 Å². The third kappa shape index (κ3) is 4.47. The molecule has 6 nitrogen and oxygen atoms in total. The van der Waals surface area contributed by atoms with E-state index in [1.165, 1.54) is 4.90 Å². The molecule has 3 unspecified atom stereocenters. The average molecular weight is 272 g/mol. The van der Waals surface area contributed by atoms with Gasteiger partial charge in [-0.3, -0.25) is 4.79 Å². The van der Waals surface area contributed by atoms with Crippen molar-refractivity contribution in [2.45, 2.75) is 51.2 Å². The van der Waals surface area contributed by atoms with Gasteiger partial charge in [-0.2, -0.15) is 0 Å². The molecule has 0 aromatic heterocycles. The second-order valence-corrected chi connectivity index (χ2v) is 5.18. The minimum Gasteiger partial charge on any atom is -0.480 e. The number of rotatable bonds is 7. The number of likely N-dealkylation sites (tertiary alicyclic amines) is 1. The van der Waals surface area contributed by atoms with Crippen molar-refractivity contribution < 1.29 is 19.8 Å². The molecule has 0 aromatic rings. The SMILES string of the molecule is CCC(CCN)CCC(=O)N1CC(O)CC1C(=O)O. The summed E-state index contributed by atoms with van der Waals surface area (Å²) in [5, 5.41) is 18.5. The fourth-order valence-electron chi connectivity index (χ4n) is 2.58. The minimum absolute atomic E-state index is 0.126. The first-order valence-electron chi connectivity index (χ1n) is 6.90. The van der Waals surface area contributed by atoms with Crippen LogP contribution in [0.15, 0.2) is 0 Å². The first-order chi connectivity index (χ1) is 8.99. The molecular formula is C13H24N2O4. The van der Waals surface area contributed by atoms with E-state index >= 15 is 0 Å². The zero-order valence-electron chi connectivity index (χ0n) is 11.4. The molecule has 1 saturated heterocycles. The fourth-order valence-corrected chi connectivity index (χ4v) is 2.58. The smallest absolute Gasteiger partial charge is 0.326 e. The van der Waals surface area contributed by atoms with E-state index in [0.29, 0.717) is 18.9 Å². The van der Waals surface area contributed by atoms with Crippen molar-refractivity contribution in [2.75, 3.05) is 13.1 Å². The number of nitrogens with zero attached hydrogens (tertiary/aromatic N) is 1. The molecule has 0 radical (unpaired) electrons. The first-order valence-corrected chi connectivity index (χ1v) is 6.90. The number of aliphatic hydroxyl groups is 1. The molecule has 6 heteroatoms. The van der Waals surface area contributed by atoms with Crippen LogP contribution in [-0.4, -0.2) is 52.2 Å². The van der Waals surface area contributed by atoms with Gasteiger partial charge in [-0.05, 0) is 25.3 Å². The number of amides is 1. The predicted molar refractivity (Wildman–Crippen MR) is 70.4 cm³/mol. The molecule has 110 valence electrons. The molecule has 0 aromatic carbocycles. The normalized spacial score (nSPS) is 24.5. The van der Waals surface area contributed by atoms with Crippen molar-refractivity contribution in [1.82, 2.24) is 4.90 Å². The molecule has 1 fully saturated rings. The number of carboxylic acid groups (broad SMARTS) is 1. The monoisotopic (exact) mass is 272 g/mol. The highest BCUT2D eigenvalue weighted by Crippen LogP contribution is 2.21. The molecule has 1 aliphatic rings. The summed E-state index contributed by atoms with van der Waals surface area (Å²) >= 11 is 0. The van der Waals surface area contributed by atoms with Gasteiger partial charge in [0.15, 0.2) is 0 Å². The lowest BCUT2D eigenvalue weighted by Crippen LogP contribution is -2.40. The molecule has 19 heavy (non-hydrogen) atoms. The maximum absolute atomic E-state index is 12.1. The topological polar surface area (TPSA) is 104 Å². The van der Waals surface area contributed by atoms with Crippen molar-refractivity contribution in [2.24, 2.45) is 11.7 Å². The number of hydrogen-bond donors (Lipinski definition) is 3. The van der Waals surface area contributed by atoms with Crippen LogP contribution in [0.4, 0.5) is 0 Å². The number of hydrogen-bond acceptors (Lipinski definition) is 4. The van der Waals surface area contributed by atoms with E-state index in [9.17, 15) is 14.7 Å². The van der Waals surface area contributed by atoms with Crippen molar-refractivity contribution in [3.63, 3.8) is 0 Å². The Hall–Kier alpha value is -1.14. The Morgan fingerprint density at radius 3 is 2.63 bits per heavy atom. The highest BCUT2D eigenvalue weighted by Gasteiger charge is 2.38. The third-order valence-electron chi connectivity index (χ3n) is 3.80. The van der Waals surface area contributed by atoms with Crippen LogP contribution in [0.5, 0.6) is 0 Å². The molecule has 1 amide bonds. The summed E-state index contributed by atoms with van der Waals surface area (Å²) in [6, 6.07) is -0.878. The van der Waals surface area contributed by atoms with Gasteiger partial charge < -0.3 is 20.8 Å². The maximum Gasteiger partial charge on any atom is 0.326 e. The van der Waals surface area contributed by atoms with Crippen LogP contribution >= 0.6 is 0 Å². The minimum atomic E-state index is -1.04. The summed E-state index contributed by atoms with van der Waals surface area (Å²) in [6.07, 6.45) is 2.31. The summed E-state index contributed by atoms with van der Waals surface area (Å²) in [6.45, 7) is 2.79. The van der Waals surface area contributed by atoms with Crippen LogP contribution in [-0.2, 0) is 9.59 Å². The molecular weight excluding hydrogens is 248 g/mol. The summed E-state index contributed by atoms with van der Waals surface area (Å²) in [5.41, 5.74) is 5.51. The summed E-state index contributed by atoms with van der Waals surface area (Å²) in [4.78, 5) is 24.4. The number of carboxylic acids is 1. The molecule has 0 aliphatic carbocycles. The maximum atomic E-state index is 12.1. The highest BCUT2D eigenvalue weighted by atomic mass is 16.4. The zero-order chi connectivity index (χ0) is 14.4. The average Bonchev–Trinajstić information content (AvgIpc) is 2.76. The number of β-amino-alcohol motifs (C(OH)–C–C–N with tert-alkyl or cyclic N) is 1. The highest BCUT2D eigenvalue weighted by molar-refractivity contribution is 5.84. The van der Waals surface area contributed by atoms with E-state index in [1.807, 2.05) is 0 Å². The second-order valence-electron chi connectivity index (χ2n) is 5.18. The van der Waals surface area contributed by atoms with Crippen LogP contribution in [0.3, 0.4) is 0 Å². The van der Waals surface area contributed by atoms with E-state index < -0.39 is 18.1 Å². The largest absolute Gasteiger partial charge is 0.480 e. The van der Waals surface area contributed by atoms with E-state index in [0.717, 1.165) is 19.3 Å². The molecule has 4 N–H and O–H groups in total. The van der Waals surface area contributed by atoms with Crippen LogP contribution in [0.2, 0.25) is 0 Å². The quantitative estimate of drug-likeness (QED) is 0.613. The summed E-state index contributed by atoms with van der Waals surface area (Å²) in [7, 11) is 0. The molecule has 1 aliphatic heterocycles. The van der Waals surface area contributed by atoms with E-state index in [-0.39, 0.29) is 18.9 Å². The van der Waals surface area contributed by atoms with Gasteiger partial charge in [-0.1, -0.05) is 13.3 Å². The first kappa shape index (κ1) is 15.9. The van der Waals surface area contributed by atoms with Gasteiger partial charge in [0.05, 0.1) is 6.10 Å². The van der Waals surface area contributed by atoms with Gasteiger partial charge >= 0.3 is 5.97 Å². The fraction of sp³-hybridized carbons (Fsp3) is 0.846. The summed E-state index contributed by atoms with van der Waals surface area (Å²) in [5.74, 6) is -0.817. The molecule has 3 atom stereocenters. The van der Waals surface area contributed by atoms with E-state index in [2.05, 4.69) is 6.92 Å². The zero-order valence-corrected chi connectivity index (χ0v) is 11.4. The number of nitrogens with two attached hydrogens (primary N) is 1. The van der Waals surface area contributed by atoms with Crippen LogP contribution in [0, 0.1) is 5.92 Å². The lowest BCUT2D eigenvalue weighted by molar-refractivity contribution is -0.148. The van der Waals surface area contributed by atoms with Gasteiger partial charge in [0.25, 0.3) is 0 Å². The van der Waals surface area contributed by atoms with Crippen LogP contribution in [0.1, 0.15) is 39.0 Å². The Morgan fingerprint density at radius 1 is 1.42 bits per heavy atom. The Balaban J connectivity index is 2.50. The molecule has 1 heterocycles. The number of carbonyl (C=O) groups is 2. The van der Waals surface area contributed by atoms with Gasteiger partial charge in [-0.15, -0.1) is 0 Å². The van der Waals surface area contributed by atoms with Crippen molar-refractivity contribution in [3.8, 4) is 0 Å². The Labute approximate surface area is 113 Å². The Morgan fingerprint density at radius 2 is 2.11 bits per heavy atom. The molecule has 0 bridgehead atoms. The van der Waals surface area contributed by atoms with Gasteiger partial charge in [0.1, 0.15) is 6.04 Å². The summed E-state index contributed by atoms with van der Waals surface area (Å²) < 4.78 is 0. The number of aliphatic hydroxyl groups excluding tert-OH is 1. The van der Waals surface area contributed by atoms with Gasteiger partial charge in [0.2, 0.25) is 5.91 Å². The van der Waals surface area contributed by atoms with E-state index in [4.69, 9.17) is 10.8 Å². The third-order valence-corrected chi connectivity index (χ3v) is 3.80. The molecule has 1 rings (SSSR count). The van der Waals surface area contributed by atoms with E-state index in [1.54, 1.807) is 0 Å². The Bertz CT molecular complexity index is 322.